The van der Waals surface area contributed by atoms with E-state index in [1.54, 1.807) is 6.07 Å². The summed E-state index contributed by atoms with van der Waals surface area (Å²) in [5.41, 5.74) is 6.95. The van der Waals surface area contributed by atoms with Crippen LogP contribution in [0.5, 0.6) is 5.75 Å². The number of nitrogens with two attached hydrogens (primary N) is 1. The number of hydrogen-bond donors (Lipinski definition) is 2. The molecule has 1 aromatic rings. The van der Waals surface area contributed by atoms with Crippen molar-refractivity contribution in [2.45, 2.75) is 32.2 Å². The lowest BCUT2D eigenvalue weighted by Crippen LogP contribution is -2.06. The van der Waals surface area contributed by atoms with E-state index in [2.05, 4.69) is 5.32 Å². The summed E-state index contributed by atoms with van der Waals surface area (Å²) in [7, 11) is 0. The summed E-state index contributed by atoms with van der Waals surface area (Å²) >= 11 is 0. The lowest BCUT2D eigenvalue weighted by molar-refractivity contribution is 0.301. The minimum absolute atomic E-state index is 0.277. The fourth-order valence-electron chi connectivity index (χ4n) is 1.46. The van der Waals surface area contributed by atoms with Gasteiger partial charge in [0.2, 0.25) is 0 Å². The molecule has 3 nitrogen and oxygen atoms in total. The zero-order valence-electron chi connectivity index (χ0n) is 9.42. The minimum atomic E-state index is -0.396. The van der Waals surface area contributed by atoms with Crippen molar-refractivity contribution in [2.75, 3.05) is 17.7 Å². The number of rotatable bonds is 5. The Bertz CT molecular complexity index is 378. The zero-order valence-corrected chi connectivity index (χ0v) is 9.42. The SMILES string of the molecule is CCCOc1cc(NC2CC2)c(N)cc1F. The largest absolute Gasteiger partial charge is 0.490 e. The van der Waals surface area contributed by atoms with Gasteiger partial charge in [-0.2, -0.15) is 0 Å². The van der Waals surface area contributed by atoms with E-state index in [1.165, 1.54) is 6.07 Å². The van der Waals surface area contributed by atoms with E-state index in [9.17, 15) is 4.39 Å². The summed E-state index contributed by atoms with van der Waals surface area (Å²) in [5.74, 6) is -0.119. The van der Waals surface area contributed by atoms with E-state index in [1.807, 2.05) is 6.92 Å². The van der Waals surface area contributed by atoms with Crippen molar-refractivity contribution in [3.63, 3.8) is 0 Å². The number of benzene rings is 1. The lowest BCUT2D eigenvalue weighted by atomic mass is 10.2. The minimum Gasteiger partial charge on any atom is -0.490 e. The van der Waals surface area contributed by atoms with Crippen LogP contribution in [-0.2, 0) is 0 Å². The van der Waals surface area contributed by atoms with Gasteiger partial charge in [-0.3, -0.25) is 0 Å². The molecule has 1 aliphatic rings. The van der Waals surface area contributed by atoms with E-state index in [-0.39, 0.29) is 5.75 Å². The van der Waals surface area contributed by atoms with E-state index in [0.29, 0.717) is 18.3 Å². The predicted molar refractivity (Wildman–Crippen MR) is 63.2 cm³/mol. The van der Waals surface area contributed by atoms with E-state index in [4.69, 9.17) is 10.5 Å². The van der Waals surface area contributed by atoms with Gasteiger partial charge in [-0.25, -0.2) is 4.39 Å². The Morgan fingerprint density at radius 3 is 2.88 bits per heavy atom. The van der Waals surface area contributed by atoms with Gasteiger partial charge in [0.15, 0.2) is 11.6 Å². The van der Waals surface area contributed by atoms with Crippen LogP contribution in [0, 0.1) is 5.82 Å². The van der Waals surface area contributed by atoms with Crippen LogP contribution in [0.15, 0.2) is 12.1 Å². The Morgan fingerprint density at radius 1 is 1.50 bits per heavy atom. The van der Waals surface area contributed by atoms with Crippen molar-refractivity contribution in [3.8, 4) is 5.75 Å². The molecule has 2 rings (SSSR count). The van der Waals surface area contributed by atoms with Crippen LogP contribution in [-0.4, -0.2) is 12.6 Å². The van der Waals surface area contributed by atoms with Gasteiger partial charge in [0.25, 0.3) is 0 Å². The van der Waals surface area contributed by atoms with E-state index in [0.717, 1.165) is 24.9 Å². The van der Waals surface area contributed by atoms with Crippen molar-refractivity contribution in [3.05, 3.63) is 17.9 Å². The van der Waals surface area contributed by atoms with Crippen molar-refractivity contribution >= 4 is 11.4 Å². The lowest BCUT2D eigenvalue weighted by Gasteiger charge is -2.12. The normalized spacial score (nSPS) is 14.9. The monoisotopic (exact) mass is 224 g/mol. The number of hydrogen-bond acceptors (Lipinski definition) is 3. The molecule has 1 aliphatic carbocycles. The molecule has 0 saturated heterocycles. The smallest absolute Gasteiger partial charge is 0.167 e. The molecule has 1 fully saturated rings. The Kier molecular flexibility index (Phi) is 3.17. The third-order valence-corrected chi connectivity index (χ3v) is 2.50. The van der Waals surface area contributed by atoms with Gasteiger partial charge in [-0.15, -0.1) is 0 Å². The summed E-state index contributed by atoms with van der Waals surface area (Å²) in [6.45, 7) is 2.50. The predicted octanol–water partition coefficient (Wildman–Crippen LogP) is 2.77. The molecule has 0 amide bonds. The molecule has 0 unspecified atom stereocenters. The number of nitrogens with one attached hydrogen (secondary N) is 1. The number of anilines is 2. The second kappa shape index (κ2) is 4.60. The first-order chi connectivity index (χ1) is 7.70. The van der Waals surface area contributed by atoms with E-state index >= 15 is 0 Å². The van der Waals surface area contributed by atoms with Crippen LogP contribution < -0.4 is 15.8 Å². The Balaban J connectivity index is 2.15. The Hall–Kier alpha value is -1.45. The molecule has 0 spiro atoms. The average Bonchev–Trinajstić information content (AvgIpc) is 3.04. The first kappa shape index (κ1) is 11.0. The molecule has 88 valence electrons. The molecule has 0 radical (unpaired) electrons. The first-order valence-corrected chi connectivity index (χ1v) is 5.69. The van der Waals surface area contributed by atoms with Crippen LogP contribution >= 0.6 is 0 Å². The summed E-state index contributed by atoms with van der Waals surface area (Å²) < 4.78 is 18.8. The van der Waals surface area contributed by atoms with Crippen molar-refractivity contribution < 1.29 is 9.13 Å². The zero-order chi connectivity index (χ0) is 11.5. The van der Waals surface area contributed by atoms with Crippen LogP contribution in [0.1, 0.15) is 26.2 Å². The topological polar surface area (TPSA) is 47.3 Å². The molecular weight excluding hydrogens is 207 g/mol. The number of halogens is 1. The second-order valence-electron chi connectivity index (χ2n) is 4.14. The maximum absolute atomic E-state index is 13.5. The molecule has 4 heteroatoms. The Morgan fingerprint density at radius 2 is 2.25 bits per heavy atom. The van der Waals surface area contributed by atoms with Crippen molar-refractivity contribution in [2.24, 2.45) is 0 Å². The van der Waals surface area contributed by atoms with Gasteiger partial charge >= 0.3 is 0 Å². The van der Waals surface area contributed by atoms with Crippen LogP contribution in [0.25, 0.3) is 0 Å². The highest BCUT2D eigenvalue weighted by atomic mass is 19.1. The quantitative estimate of drug-likeness (QED) is 0.756. The summed E-state index contributed by atoms with van der Waals surface area (Å²) in [5, 5.41) is 3.26. The molecule has 3 N–H and O–H groups in total. The molecule has 0 atom stereocenters. The standard InChI is InChI=1S/C12H17FN2O/c1-2-5-16-12-7-11(15-8-3-4-8)10(14)6-9(12)13/h6-8,15H,2-5,14H2,1H3. The van der Waals surface area contributed by atoms with E-state index < -0.39 is 5.82 Å². The van der Waals surface area contributed by atoms with Crippen molar-refractivity contribution in [1.29, 1.82) is 0 Å². The first-order valence-electron chi connectivity index (χ1n) is 5.69. The molecule has 0 aliphatic heterocycles. The molecule has 0 bridgehead atoms. The van der Waals surface area contributed by atoms with Crippen molar-refractivity contribution in [1.82, 2.24) is 0 Å². The fourth-order valence-corrected chi connectivity index (χ4v) is 1.46. The maximum atomic E-state index is 13.5. The summed E-state index contributed by atoms with van der Waals surface area (Å²) in [4.78, 5) is 0. The Labute approximate surface area is 94.8 Å². The van der Waals surface area contributed by atoms with Gasteiger partial charge in [0.1, 0.15) is 0 Å². The van der Waals surface area contributed by atoms with Gasteiger partial charge in [-0.1, -0.05) is 6.92 Å². The van der Waals surface area contributed by atoms with Gasteiger partial charge in [0.05, 0.1) is 18.0 Å². The molecule has 1 aromatic carbocycles. The number of ether oxygens (including phenoxy) is 1. The molecule has 0 heterocycles. The average molecular weight is 224 g/mol. The molecular formula is C12H17FN2O. The summed E-state index contributed by atoms with van der Waals surface area (Å²) in [6.07, 6.45) is 3.17. The van der Waals surface area contributed by atoms with Crippen LogP contribution in [0.3, 0.4) is 0 Å². The summed E-state index contributed by atoms with van der Waals surface area (Å²) in [6, 6.07) is 3.46. The second-order valence-corrected chi connectivity index (χ2v) is 4.14. The van der Waals surface area contributed by atoms with Gasteiger partial charge in [0, 0.05) is 18.2 Å². The highest BCUT2D eigenvalue weighted by Gasteiger charge is 2.22. The van der Waals surface area contributed by atoms with Gasteiger partial charge < -0.3 is 15.8 Å². The fraction of sp³-hybridized carbons (Fsp3) is 0.500. The highest BCUT2D eigenvalue weighted by molar-refractivity contribution is 5.69. The third-order valence-electron chi connectivity index (χ3n) is 2.50. The van der Waals surface area contributed by atoms with Crippen LogP contribution in [0.4, 0.5) is 15.8 Å². The third kappa shape index (κ3) is 2.56. The highest BCUT2D eigenvalue weighted by Crippen LogP contribution is 2.32. The molecule has 0 aromatic heterocycles. The molecule has 1 saturated carbocycles. The maximum Gasteiger partial charge on any atom is 0.167 e. The van der Waals surface area contributed by atoms with Gasteiger partial charge in [-0.05, 0) is 19.3 Å². The molecule has 16 heavy (non-hydrogen) atoms. The van der Waals surface area contributed by atoms with Crippen LogP contribution in [0.2, 0.25) is 0 Å². The number of nitrogen functional groups attached to an aromatic ring is 1.